The number of carbonyl (C=O) groups excluding carboxylic acids is 1. The van der Waals surface area contributed by atoms with Crippen LogP contribution in [-0.4, -0.2) is 30.8 Å². The summed E-state index contributed by atoms with van der Waals surface area (Å²) in [5, 5.41) is 12.6. The molecule has 152 valence electrons. The summed E-state index contributed by atoms with van der Waals surface area (Å²) >= 11 is 1.28. The van der Waals surface area contributed by atoms with Crippen LogP contribution in [0.1, 0.15) is 11.1 Å². The Balaban J connectivity index is 1.68. The van der Waals surface area contributed by atoms with Crippen LogP contribution in [0.4, 0.5) is 5.69 Å². The predicted molar refractivity (Wildman–Crippen MR) is 120 cm³/mol. The fourth-order valence-corrected chi connectivity index (χ4v) is 4.18. The lowest BCUT2D eigenvalue weighted by molar-refractivity contribution is -0.113. The van der Waals surface area contributed by atoms with Gasteiger partial charge in [-0.1, -0.05) is 48.2 Å². The number of fused-ring (bicyclic) bond motifs is 3. The molecule has 30 heavy (non-hydrogen) atoms. The third kappa shape index (κ3) is 3.50. The second kappa shape index (κ2) is 8.16. The number of benzene rings is 2. The van der Waals surface area contributed by atoms with Crippen molar-refractivity contribution in [3.63, 3.8) is 0 Å². The molecule has 4 rings (SSSR count). The van der Waals surface area contributed by atoms with Crippen LogP contribution in [0.2, 0.25) is 0 Å². The molecular formula is C22H21N5O2S. The largest absolute Gasteiger partial charge is 0.325 e. The number of allylic oxidation sites excluding steroid dienone is 1. The number of para-hydroxylation sites is 2. The summed E-state index contributed by atoms with van der Waals surface area (Å²) in [7, 11) is 0. The Kier molecular flexibility index (Phi) is 5.41. The van der Waals surface area contributed by atoms with Crippen LogP contribution in [0.3, 0.4) is 0 Å². The van der Waals surface area contributed by atoms with Gasteiger partial charge >= 0.3 is 0 Å². The normalized spacial score (nSPS) is 11.1. The van der Waals surface area contributed by atoms with E-state index in [-0.39, 0.29) is 17.2 Å². The van der Waals surface area contributed by atoms with Crippen LogP contribution < -0.4 is 10.9 Å². The minimum Gasteiger partial charge on any atom is -0.325 e. The third-order valence-electron chi connectivity index (χ3n) is 4.87. The Morgan fingerprint density at radius 1 is 1.13 bits per heavy atom. The van der Waals surface area contributed by atoms with Gasteiger partial charge in [0.2, 0.25) is 11.7 Å². The zero-order valence-electron chi connectivity index (χ0n) is 16.8. The lowest BCUT2D eigenvalue weighted by Gasteiger charge is -2.11. The number of carbonyl (C=O) groups is 1. The summed E-state index contributed by atoms with van der Waals surface area (Å²) in [6.07, 6.45) is 1.65. The minimum atomic E-state index is -0.144. The molecule has 0 spiro atoms. The number of anilines is 1. The van der Waals surface area contributed by atoms with Crippen molar-refractivity contribution in [3.05, 3.63) is 76.6 Å². The smallest absolute Gasteiger partial charge is 0.263 e. The highest BCUT2D eigenvalue weighted by Gasteiger charge is 2.17. The maximum atomic E-state index is 12.8. The van der Waals surface area contributed by atoms with Gasteiger partial charge in [0.05, 0.1) is 16.7 Å². The quantitative estimate of drug-likeness (QED) is 0.382. The van der Waals surface area contributed by atoms with Crippen molar-refractivity contribution < 1.29 is 4.79 Å². The van der Waals surface area contributed by atoms with E-state index in [0.717, 1.165) is 16.8 Å². The van der Waals surface area contributed by atoms with E-state index in [1.54, 1.807) is 12.1 Å². The lowest BCUT2D eigenvalue weighted by atomic mass is 10.1. The molecule has 1 N–H and O–H groups in total. The van der Waals surface area contributed by atoms with Crippen molar-refractivity contribution in [2.75, 3.05) is 11.1 Å². The Labute approximate surface area is 177 Å². The van der Waals surface area contributed by atoms with Crippen LogP contribution in [0.15, 0.2) is 65.1 Å². The van der Waals surface area contributed by atoms with E-state index in [0.29, 0.717) is 28.4 Å². The van der Waals surface area contributed by atoms with Crippen molar-refractivity contribution in [2.45, 2.75) is 25.5 Å². The van der Waals surface area contributed by atoms with Gasteiger partial charge < -0.3 is 5.32 Å². The molecule has 2 aromatic carbocycles. The molecule has 0 saturated heterocycles. The van der Waals surface area contributed by atoms with Gasteiger partial charge in [0.1, 0.15) is 0 Å². The first kappa shape index (κ1) is 19.9. The van der Waals surface area contributed by atoms with Gasteiger partial charge in [-0.25, -0.2) is 0 Å². The molecule has 0 saturated carbocycles. The predicted octanol–water partition coefficient (Wildman–Crippen LogP) is 3.58. The van der Waals surface area contributed by atoms with Gasteiger partial charge in [0.15, 0.2) is 5.16 Å². The standard InChI is InChI=1S/C22H21N5O2S/c1-4-12-26-20(29)16-10-5-6-11-17(16)27-21(26)24-25-22(27)30-13-18(28)23-19-14(2)8-7-9-15(19)3/h4-11H,1,12-13H2,2-3H3,(H,23,28). The number of thioether (sulfide) groups is 1. The highest BCUT2D eigenvalue weighted by molar-refractivity contribution is 7.99. The Morgan fingerprint density at radius 3 is 2.60 bits per heavy atom. The van der Waals surface area contributed by atoms with Gasteiger partial charge in [0, 0.05) is 12.2 Å². The first-order valence-electron chi connectivity index (χ1n) is 9.47. The van der Waals surface area contributed by atoms with E-state index in [1.807, 2.05) is 54.6 Å². The third-order valence-corrected chi connectivity index (χ3v) is 5.80. The average Bonchev–Trinajstić information content (AvgIpc) is 3.16. The van der Waals surface area contributed by atoms with Crippen LogP contribution in [0.5, 0.6) is 0 Å². The molecule has 0 bridgehead atoms. The van der Waals surface area contributed by atoms with Crippen LogP contribution >= 0.6 is 11.8 Å². The molecule has 0 aliphatic carbocycles. The Morgan fingerprint density at radius 2 is 1.87 bits per heavy atom. The van der Waals surface area contributed by atoms with E-state index in [9.17, 15) is 9.59 Å². The molecule has 0 unspecified atom stereocenters. The minimum absolute atomic E-state index is 0.127. The monoisotopic (exact) mass is 419 g/mol. The number of amides is 1. The fourth-order valence-electron chi connectivity index (χ4n) is 3.44. The van der Waals surface area contributed by atoms with Crippen molar-refractivity contribution in [1.29, 1.82) is 0 Å². The van der Waals surface area contributed by atoms with Gasteiger partial charge in [-0.2, -0.15) is 0 Å². The molecule has 7 nitrogen and oxygen atoms in total. The molecule has 2 aromatic heterocycles. The van der Waals surface area contributed by atoms with Crippen molar-refractivity contribution in [1.82, 2.24) is 19.2 Å². The van der Waals surface area contributed by atoms with Crippen LogP contribution in [0, 0.1) is 13.8 Å². The zero-order chi connectivity index (χ0) is 21.3. The fraction of sp³-hybridized carbons (Fsp3) is 0.182. The van der Waals surface area contributed by atoms with Crippen LogP contribution in [-0.2, 0) is 11.3 Å². The number of nitrogens with zero attached hydrogens (tertiary/aromatic N) is 4. The van der Waals surface area contributed by atoms with Crippen molar-refractivity contribution in [3.8, 4) is 0 Å². The molecule has 0 aliphatic rings. The topological polar surface area (TPSA) is 81.3 Å². The molecule has 1 amide bonds. The summed E-state index contributed by atoms with van der Waals surface area (Å²) < 4.78 is 3.35. The summed E-state index contributed by atoms with van der Waals surface area (Å²) in [5.74, 6) is 0.470. The molecule has 0 fully saturated rings. The van der Waals surface area contributed by atoms with E-state index in [2.05, 4.69) is 22.1 Å². The molecular weight excluding hydrogens is 398 g/mol. The zero-order valence-corrected chi connectivity index (χ0v) is 17.6. The summed E-state index contributed by atoms with van der Waals surface area (Å²) in [6, 6.07) is 13.2. The summed E-state index contributed by atoms with van der Waals surface area (Å²) in [4.78, 5) is 25.4. The van der Waals surface area contributed by atoms with E-state index in [1.165, 1.54) is 16.3 Å². The SMILES string of the molecule is C=CCn1c(=O)c2ccccc2n2c(SCC(=O)Nc3c(C)cccc3C)nnc12. The maximum Gasteiger partial charge on any atom is 0.263 e. The molecule has 2 heterocycles. The van der Waals surface area contributed by atoms with Gasteiger partial charge in [-0.3, -0.25) is 18.6 Å². The second-order valence-electron chi connectivity index (χ2n) is 6.94. The van der Waals surface area contributed by atoms with Gasteiger partial charge in [-0.05, 0) is 37.1 Å². The number of hydrogen-bond donors (Lipinski definition) is 1. The number of nitrogens with one attached hydrogen (secondary N) is 1. The lowest BCUT2D eigenvalue weighted by Crippen LogP contribution is -2.22. The van der Waals surface area contributed by atoms with E-state index >= 15 is 0 Å². The molecule has 8 heteroatoms. The highest BCUT2D eigenvalue weighted by atomic mass is 32.2. The van der Waals surface area contributed by atoms with Gasteiger partial charge in [0.25, 0.3) is 5.56 Å². The molecule has 0 aliphatic heterocycles. The first-order chi connectivity index (χ1) is 14.5. The first-order valence-corrected chi connectivity index (χ1v) is 10.5. The molecule has 0 radical (unpaired) electrons. The van der Waals surface area contributed by atoms with Crippen molar-refractivity contribution in [2.24, 2.45) is 0 Å². The van der Waals surface area contributed by atoms with Crippen molar-refractivity contribution >= 4 is 40.0 Å². The highest BCUT2D eigenvalue weighted by Crippen LogP contribution is 2.23. The van der Waals surface area contributed by atoms with Gasteiger partial charge in [-0.15, -0.1) is 16.8 Å². The number of rotatable bonds is 6. The molecule has 0 atom stereocenters. The Bertz CT molecular complexity index is 1320. The second-order valence-corrected chi connectivity index (χ2v) is 7.89. The number of aryl methyl sites for hydroxylation is 2. The summed E-state index contributed by atoms with van der Waals surface area (Å²) in [6.45, 7) is 7.98. The Hall–Kier alpha value is -3.39. The average molecular weight is 420 g/mol. The number of hydrogen-bond acceptors (Lipinski definition) is 5. The van der Waals surface area contributed by atoms with Crippen LogP contribution in [0.25, 0.3) is 16.7 Å². The maximum absolute atomic E-state index is 12.8. The van der Waals surface area contributed by atoms with E-state index in [4.69, 9.17) is 0 Å². The molecule has 4 aromatic rings. The number of aromatic nitrogens is 4. The van der Waals surface area contributed by atoms with E-state index < -0.39 is 0 Å². The summed E-state index contributed by atoms with van der Waals surface area (Å²) in [5.41, 5.74) is 3.43.